The summed E-state index contributed by atoms with van der Waals surface area (Å²) < 4.78 is 5.30. The highest BCUT2D eigenvalue weighted by Crippen LogP contribution is 2.14. The molecule has 0 saturated carbocycles. The second-order valence-corrected chi connectivity index (χ2v) is 5.58. The third-order valence-electron chi connectivity index (χ3n) is 3.17. The lowest BCUT2D eigenvalue weighted by Crippen LogP contribution is -2.39. The average molecular weight is 283 g/mol. The summed E-state index contributed by atoms with van der Waals surface area (Å²) in [5.74, 6) is 0. The summed E-state index contributed by atoms with van der Waals surface area (Å²) in [7, 11) is 0. The van der Waals surface area contributed by atoms with Gasteiger partial charge in [-0.05, 0) is 35.7 Å². The summed E-state index contributed by atoms with van der Waals surface area (Å²) >= 11 is 1.71. The topological polar surface area (TPSA) is 32.7 Å². The molecule has 0 amide bonds. The van der Waals surface area contributed by atoms with Gasteiger partial charge in [-0.3, -0.25) is 4.90 Å². The molecule has 1 N–H and O–H groups in total. The third-order valence-corrected chi connectivity index (χ3v) is 3.90. The monoisotopic (exact) mass is 283 g/mol. The van der Waals surface area contributed by atoms with E-state index in [0.29, 0.717) is 25.8 Å². The minimum Gasteiger partial charge on any atom is -0.389 e. The number of aliphatic hydroxyl groups is 1. The van der Waals surface area contributed by atoms with Crippen molar-refractivity contribution in [1.82, 2.24) is 4.90 Å². The maximum absolute atomic E-state index is 10.0. The van der Waals surface area contributed by atoms with Gasteiger partial charge in [-0.2, -0.15) is 11.3 Å². The maximum atomic E-state index is 10.0. The second kappa shape index (κ2) is 9.26. The van der Waals surface area contributed by atoms with Gasteiger partial charge in [0.05, 0.1) is 19.3 Å². The molecule has 0 aliphatic heterocycles. The fourth-order valence-corrected chi connectivity index (χ4v) is 2.55. The van der Waals surface area contributed by atoms with Crippen LogP contribution in [0, 0.1) is 0 Å². The lowest BCUT2D eigenvalue weighted by Gasteiger charge is -2.30. The summed E-state index contributed by atoms with van der Waals surface area (Å²) in [6, 6.07) is 2.59. The predicted octanol–water partition coefficient (Wildman–Crippen LogP) is 2.91. The van der Waals surface area contributed by atoms with Crippen LogP contribution < -0.4 is 0 Å². The van der Waals surface area contributed by atoms with Crippen molar-refractivity contribution in [3.8, 4) is 0 Å². The molecule has 2 atom stereocenters. The van der Waals surface area contributed by atoms with Gasteiger partial charge >= 0.3 is 0 Å². The first kappa shape index (κ1) is 16.4. The first-order chi connectivity index (χ1) is 9.17. The molecule has 0 radical (unpaired) electrons. The molecule has 0 unspecified atom stereocenters. The van der Waals surface area contributed by atoms with Gasteiger partial charge in [0.2, 0.25) is 0 Å². The van der Waals surface area contributed by atoms with Crippen LogP contribution in [0.15, 0.2) is 29.5 Å². The highest BCUT2D eigenvalue weighted by molar-refractivity contribution is 7.07. The van der Waals surface area contributed by atoms with Crippen LogP contribution in [0.1, 0.15) is 25.8 Å². The van der Waals surface area contributed by atoms with Gasteiger partial charge in [0.25, 0.3) is 0 Å². The van der Waals surface area contributed by atoms with E-state index in [1.165, 1.54) is 5.56 Å². The van der Waals surface area contributed by atoms with Gasteiger partial charge in [0.1, 0.15) is 0 Å². The van der Waals surface area contributed by atoms with Gasteiger partial charge in [-0.25, -0.2) is 0 Å². The summed E-state index contributed by atoms with van der Waals surface area (Å²) in [4.78, 5) is 2.31. The van der Waals surface area contributed by atoms with E-state index in [4.69, 9.17) is 4.74 Å². The van der Waals surface area contributed by atoms with Crippen molar-refractivity contribution >= 4 is 11.3 Å². The number of nitrogens with zero attached hydrogens (tertiary/aromatic N) is 1. The number of rotatable bonds is 10. The minimum atomic E-state index is -0.451. The number of ether oxygens (including phenoxy) is 1. The fraction of sp³-hybridized carbons (Fsp3) is 0.600. The molecule has 3 nitrogen and oxygen atoms in total. The van der Waals surface area contributed by atoms with Crippen molar-refractivity contribution in [2.24, 2.45) is 0 Å². The standard InChI is InChI=1S/C15H25NO2S/c1-4-7-18-11-15(17)10-16(13(3)5-2)9-14-6-8-19-12-14/h4,6,8,12-13,15,17H,1,5,7,9-11H2,2-3H3/t13-,15-/m1/s1. The van der Waals surface area contributed by atoms with Gasteiger partial charge in [-0.15, -0.1) is 6.58 Å². The van der Waals surface area contributed by atoms with E-state index in [-0.39, 0.29) is 0 Å². The molecule has 0 saturated heterocycles. The molecule has 0 aliphatic carbocycles. The second-order valence-electron chi connectivity index (χ2n) is 4.80. The zero-order valence-electron chi connectivity index (χ0n) is 11.9. The van der Waals surface area contributed by atoms with Crippen molar-refractivity contribution in [3.05, 3.63) is 35.0 Å². The van der Waals surface area contributed by atoms with Crippen LogP contribution in [-0.4, -0.2) is 41.9 Å². The molecule has 0 aliphatic rings. The van der Waals surface area contributed by atoms with Crippen LogP contribution in [0.2, 0.25) is 0 Å². The van der Waals surface area contributed by atoms with Crippen molar-refractivity contribution in [1.29, 1.82) is 0 Å². The van der Waals surface area contributed by atoms with Crippen molar-refractivity contribution in [3.63, 3.8) is 0 Å². The van der Waals surface area contributed by atoms with Crippen molar-refractivity contribution in [2.45, 2.75) is 39.0 Å². The van der Waals surface area contributed by atoms with Crippen LogP contribution in [0.4, 0.5) is 0 Å². The lowest BCUT2D eigenvalue weighted by atomic mass is 10.1. The maximum Gasteiger partial charge on any atom is 0.0900 e. The molecule has 1 aromatic rings. The Labute approximate surface area is 120 Å². The molecule has 1 heterocycles. The Morgan fingerprint density at radius 2 is 2.37 bits per heavy atom. The Balaban J connectivity index is 2.47. The molecule has 1 rings (SSSR count). The van der Waals surface area contributed by atoms with Crippen LogP contribution in [0.5, 0.6) is 0 Å². The molecule has 0 bridgehead atoms. The van der Waals surface area contributed by atoms with E-state index in [1.807, 2.05) is 0 Å². The SMILES string of the molecule is C=CCOC[C@H](O)CN(Cc1ccsc1)[C@H](C)CC. The molecular formula is C15H25NO2S. The minimum absolute atomic E-state index is 0.364. The highest BCUT2D eigenvalue weighted by atomic mass is 32.1. The Kier molecular flexibility index (Phi) is 7.98. The number of thiophene rings is 1. The first-order valence-corrected chi connectivity index (χ1v) is 7.73. The number of aliphatic hydroxyl groups excluding tert-OH is 1. The van der Waals surface area contributed by atoms with Crippen LogP contribution >= 0.6 is 11.3 Å². The van der Waals surface area contributed by atoms with Crippen molar-refractivity contribution < 1.29 is 9.84 Å². The lowest BCUT2D eigenvalue weighted by molar-refractivity contribution is 0.0157. The zero-order chi connectivity index (χ0) is 14.1. The third kappa shape index (κ3) is 6.34. The van der Waals surface area contributed by atoms with E-state index in [9.17, 15) is 5.11 Å². The van der Waals surface area contributed by atoms with Crippen LogP contribution in [-0.2, 0) is 11.3 Å². The number of hydrogen-bond acceptors (Lipinski definition) is 4. The van der Waals surface area contributed by atoms with Crippen molar-refractivity contribution in [2.75, 3.05) is 19.8 Å². The summed E-state index contributed by atoms with van der Waals surface area (Å²) in [5, 5.41) is 14.3. The van der Waals surface area contributed by atoms with Gasteiger partial charge in [0, 0.05) is 19.1 Å². The van der Waals surface area contributed by atoms with Gasteiger partial charge in [-0.1, -0.05) is 13.0 Å². The molecule has 108 valence electrons. The highest BCUT2D eigenvalue weighted by Gasteiger charge is 2.17. The molecule has 0 spiro atoms. The molecule has 4 heteroatoms. The molecule has 19 heavy (non-hydrogen) atoms. The smallest absolute Gasteiger partial charge is 0.0900 e. The normalized spacial score (nSPS) is 14.5. The largest absolute Gasteiger partial charge is 0.389 e. The Morgan fingerprint density at radius 1 is 1.58 bits per heavy atom. The average Bonchev–Trinajstić information content (AvgIpc) is 2.90. The Bertz CT molecular complexity index is 340. The summed E-state index contributed by atoms with van der Waals surface area (Å²) in [6.45, 7) is 10.3. The first-order valence-electron chi connectivity index (χ1n) is 6.79. The van der Waals surface area contributed by atoms with E-state index < -0.39 is 6.10 Å². The van der Waals surface area contributed by atoms with E-state index >= 15 is 0 Å². The molecule has 0 fully saturated rings. The quantitative estimate of drug-likeness (QED) is 0.529. The van der Waals surface area contributed by atoms with Crippen LogP contribution in [0.3, 0.4) is 0 Å². The van der Waals surface area contributed by atoms with Gasteiger partial charge in [0.15, 0.2) is 0 Å². The zero-order valence-corrected chi connectivity index (χ0v) is 12.7. The Hall–Kier alpha value is -0.680. The molecule has 1 aromatic heterocycles. The number of hydrogen-bond donors (Lipinski definition) is 1. The molecular weight excluding hydrogens is 258 g/mol. The molecule has 0 aromatic carbocycles. The van der Waals surface area contributed by atoms with Crippen LogP contribution in [0.25, 0.3) is 0 Å². The fourth-order valence-electron chi connectivity index (χ4n) is 1.89. The summed E-state index contributed by atoms with van der Waals surface area (Å²) in [5.41, 5.74) is 1.31. The van der Waals surface area contributed by atoms with E-state index in [1.54, 1.807) is 17.4 Å². The predicted molar refractivity (Wildman–Crippen MR) is 81.5 cm³/mol. The van der Waals surface area contributed by atoms with Gasteiger partial charge < -0.3 is 9.84 Å². The van der Waals surface area contributed by atoms with E-state index in [2.05, 4.69) is 42.2 Å². The Morgan fingerprint density at radius 3 is 2.95 bits per heavy atom. The summed E-state index contributed by atoms with van der Waals surface area (Å²) in [6.07, 6.45) is 2.32. The van der Waals surface area contributed by atoms with E-state index in [0.717, 1.165) is 13.0 Å².